The van der Waals surface area contributed by atoms with Crippen LogP contribution in [0.3, 0.4) is 0 Å². The molecule has 1 rings (SSSR count). The number of ether oxygens (including phenoxy) is 2. The third kappa shape index (κ3) is 7.62. The van der Waals surface area contributed by atoms with Crippen LogP contribution in [0, 0.1) is 5.92 Å². The summed E-state index contributed by atoms with van der Waals surface area (Å²) in [4.78, 5) is 23.7. The van der Waals surface area contributed by atoms with Crippen LogP contribution in [-0.2, 0) is 19.1 Å². The Balaban J connectivity index is 2.28. The summed E-state index contributed by atoms with van der Waals surface area (Å²) in [6.07, 6.45) is 10.4. The van der Waals surface area contributed by atoms with Crippen LogP contribution in [0.4, 0.5) is 0 Å². The Hall–Kier alpha value is -1.32. The second-order valence-electron chi connectivity index (χ2n) is 6.20. The molecular formula is C18H30O4. The molecule has 0 bridgehead atoms. The van der Waals surface area contributed by atoms with E-state index in [1.165, 1.54) is 19.3 Å². The monoisotopic (exact) mass is 310 g/mol. The number of hydrogen-bond donors (Lipinski definition) is 0. The van der Waals surface area contributed by atoms with E-state index in [4.69, 9.17) is 9.47 Å². The van der Waals surface area contributed by atoms with E-state index in [-0.39, 0.29) is 5.97 Å². The normalized spacial score (nSPS) is 17.9. The van der Waals surface area contributed by atoms with Gasteiger partial charge >= 0.3 is 11.9 Å². The fourth-order valence-corrected chi connectivity index (χ4v) is 2.73. The lowest BCUT2D eigenvalue weighted by Gasteiger charge is -2.21. The lowest BCUT2D eigenvalue weighted by atomic mass is 9.87. The van der Waals surface area contributed by atoms with Gasteiger partial charge in [-0.1, -0.05) is 45.1 Å². The average molecular weight is 310 g/mol. The third-order valence-electron chi connectivity index (χ3n) is 4.08. The van der Waals surface area contributed by atoms with E-state index in [2.05, 4.69) is 6.92 Å². The first-order chi connectivity index (χ1) is 10.5. The summed E-state index contributed by atoms with van der Waals surface area (Å²) in [5, 5.41) is 0. The van der Waals surface area contributed by atoms with Gasteiger partial charge in [0.25, 0.3) is 0 Å². The molecule has 1 saturated carbocycles. The van der Waals surface area contributed by atoms with E-state index in [0.29, 0.717) is 17.9 Å². The summed E-state index contributed by atoms with van der Waals surface area (Å²) in [5.74, 6) is -0.242. The molecular weight excluding hydrogens is 280 g/mol. The second-order valence-corrected chi connectivity index (χ2v) is 6.20. The number of unbranched alkanes of at least 4 members (excludes halogenated alkanes) is 2. The summed E-state index contributed by atoms with van der Waals surface area (Å²) in [6, 6.07) is 0. The highest BCUT2D eigenvalue weighted by atomic mass is 16.7. The summed E-state index contributed by atoms with van der Waals surface area (Å²) in [5.41, 5.74) is 0.573. The molecule has 4 nitrogen and oxygen atoms in total. The molecule has 0 aromatic heterocycles. The summed E-state index contributed by atoms with van der Waals surface area (Å²) < 4.78 is 10.3. The van der Waals surface area contributed by atoms with Crippen molar-refractivity contribution in [2.24, 2.45) is 5.92 Å². The number of carbonyl (C=O) groups excluding carboxylic acids is 2. The highest BCUT2D eigenvalue weighted by Gasteiger charge is 2.20. The molecule has 0 saturated heterocycles. The van der Waals surface area contributed by atoms with Crippen molar-refractivity contribution in [1.29, 1.82) is 0 Å². The van der Waals surface area contributed by atoms with Gasteiger partial charge in [0.1, 0.15) is 0 Å². The summed E-state index contributed by atoms with van der Waals surface area (Å²) in [7, 11) is 0. The van der Waals surface area contributed by atoms with Crippen LogP contribution in [0.1, 0.15) is 78.6 Å². The van der Waals surface area contributed by atoms with Gasteiger partial charge in [0, 0.05) is 18.9 Å². The van der Waals surface area contributed by atoms with Gasteiger partial charge in [0.15, 0.2) is 0 Å². The fourth-order valence-electron chi connectivity index (χ4n) is 2.73. The standard InChI is InChI=1S/C18H30O4/c1-4-5-7-10-14(2)18(20)22-15(3)21-17(19)13-16-11-8-6-9-12-16/h10,15-16H,4-9,11-13H2,1-3H3. The molecule has 1 aliphatic carbocycles. The molecule has 0 amide bonds. The maximum absolute atomic E-state index is 11.9. The Bertz CT molecular complexity index is 381. The molecule has 1 unspecified atom stereocenters. The molecule has 126 valence electrons. The molecule has 4 heteroatoms. The maximum atomic E-state index is 11.9. The third-order valence-corrected chi connectivity index (χ3v) is 4.08. The number of carbonyl (C=O) groups is 2. The minimum atomic E-state index is -0.821. The predicted octanol–water partition coefficient (Wildman–Crippen LogP) is 4.53. The summed E-state index contributed by atoms with van der Waals surface area (Å²) in [6.45, 7) is 5.43. The predicted molar refractivity (Wildman–Crippen MR) is 86.1 cm³/mol. The molecule has 1 aliphatic rings. The van der Waals surface area contributed by atoms with Gasteiger partial charge in [0.05, 0.1) is 0 Å². The minimum absolute atomic E-state index is 0.264. The van der Waals surface area contributed by atoms with Gasteiger partial charge in [-0.05, 0) is 32.1 Å². The van der Waals surface area contributed by atoms with E-state index < -0.39 is 12.3 Å². The highest BCUT2D eigenvalue weighted by Crippen LogP contribution is 2.26. The van der Waals surface area contributed by atoms with Crippen molar-refractivity contribution >= 4 is 11.9 Å². The zero-order valence-electron chi connectivity index (χ0n) is 14.2. The van der Waals surface area contributed by atoms with Crippen LogP contribution >= 0.6 is 0 Å². The van der Waals surface area contributed by atoms with E-state index in [9.17, 15) is 9.59 Å². The smallest absolute Gasteiger partial charge is 0.336 e. The lowest BCUT2D eigenvalue weighted by molar-refractivity contribution is -0.182. The first kappa shape index (κ1) is 18.7. The van der Waals surface area contributed by atoms with Crippen molar-refractivity contribution in [1.82, 2.24) is 0 Å². The Labute approximate surface area is 134 Å². The zero-order chi connectivity index (χ0) is 16.4. The Morgan fingerprint density at radius 3 is 2.50 bits per heavy atom. The SMILES string of the molecule is CCCCC=C(C)C(=O)OC(C)OC(=O)CC1CCCCC1. The van der Waals surface area contributed by atoms with Gasteiger partial charge in [-0.3, -0.25) is 4.79 Å². The highest BCUT2D eigenvalue weighted by molar-refractivity contribution is 5.87. The number of esters is 2. The van der Waals surface area contributed by atoms with Gasteiger partial charge in [-0.15, -0.1) is 0 Å². The molecule has 0 N–H and O–H groups in total. The van der Waals surface area contributed by atoms with Gasteiger partial charge in [-0.25, -0.2) is 4.79 Å². The topological polar surface area (TPSA) is 52.6 Å². The van der Waals surface area contributed by atoms with Crippen LogP contribution in [0.5, 0.6) is 0 Å². The molecule has 1 fully saturated rings. The number of allylic oxidation sites excluding steroid dienone is 1. The maximum Gasteiger partial charge on any atom is 0.336 e. The van der Waals surface area contributed by atoms with E-state index >= 15 is 0 Å². The van der Waals surface area contributed by atoms with E-state index in [1.54, 1.807) is 13.8 Å². The van der Waals surface area contributed by atoms with Gasteiger partial charge < -0.3 is 9.47 Å². The molecule has 1 atom stereocenters. The van der Waals surface area contributed by atoms with Crippen LogP contribution in [0.2, 0.25) is 0 Å². The van der Waals surface area contributed by atoms with Crippen molar-refractivity contribution < 1.29 is 19.1 Å². The molecule has 0 aliphatic heterocycles. The Morgan fingerprint density at radius 1 is 1.18 bits per heavy atom. The molecule has 22 heavy (non-hydrogen) atoms. The van der Waals surface area contributed by atoms with E-state index in [0.717, 1.165) is 32.1 Å². The first-order valence-electron chi connectivity index (χ1n) is 8.60. The van der Waals surface area contributed by atoms with Crippen molar-refractivity contribution in [2.45, 2.75) is 84.8 Å². The molecule has 0 spiro atoms. The molecule has 0 heterocycles. The summed E-state index contributed by atoms with van der Waals surface area (Å²) >= 11 is 0. The van der Waals surface area contributed by atoms with E-state index in [1.807, 2.05) is 6.08 Å². The Kier molecular flexibility index (Phi) is 8.86. The zero-order valence-corrected chi connectivity index (χ0v) is 14.2. The van der Waals surface area contributed by atoms with Gasteiger partial charge in [0.2, 0.25) is 6.29 Å². The number of rotatable bonds is 8. The molecule has 0 radical (unpaired) electrons. The van der Waals surface area contributed by atoms with Crippen LogP contribution in [0.25, 0.3) is 0 Å². The van der Waals surface area contributed by atoms with Crippen LogP contribution in [0.15, 0.2) is 11.6 Å². The van der Waals surface area contributed by atoms with Crippen LogP contribution in [-0.4, -0.2) is 18.2 Å². The average Bonchev–Trinajstić information content (AvgIpc) is 2.47. The van der Waals surface area contributed by atoms with Gasteiger partial charge in [-0.2, -0.15) is 0 Å². The molecule has 0 aromatic rings. The Morgan fingerprint density at radius 2 is 1.86 bits per heavy atom. The first-order valence-corrected chi connectivity index (χ1v) is 8.60. The quantitative estimate of drug-likeness (QED) is 0.286. The second kappa shape index (κ2) is 10.4. The van der Waals surface area contributed by atoms with Crippen molar-refractivity contribution in [3.63, 3.8) is 0 Å². The van der Waals surface area contributed by atoms with Crippen molar-refractivity contribution in [2.75, 3.05) is 0 Å². The minimum Gasteiger partial charge on any atom is -0.425 e. The largest absolute Gasteiger partial charge is 0.425 e. The molecule has 0 aromatic carbocycles. The van der Waals surface area contributed by atoms with Crippen molar-refractivity contribution in [3.8, 4) is 0 Å². The van der Waals surface area contributed by atoms with Crippen LogP contribution < -0.4 is 0 Å². The fraction of sp³-hybridized carbons (Fsp3) is 0.778. The van der Waals surface area contributed by atoms with Crippen molar-refractivity contribution in [3.05, 3.63) is 11.6 Å². The number of hydrogen-bond acceptors (Lipinski definition) is 4. The lowest BCUT2D eigenvalue weighted by Crippen LogP contribution is -2.24.